The first-order valence-electron chi connectivity index (χ1n) is 6.22. The second-order valence-corrected chi connectivity index (χ2v) is 5.32. The number of hydrogen-bond donors (Lipinski definition) is 1. The molecule has 0 aromatic carbocycles. The van der Waals surface area contributed by atoms with Crippen molar-refractivity contribution in [3.8, 4) is 0 Å². The molecule has 0 aromatic heterocycles. The van der Waals surface area contributed by atoms with E-state index in [-0.39, 0.29) is 5.91 Å². The van der Waals surface area contributed by atoms with Crippen molar-refractivity contribution >= 4 is 5.91 Å². The minimum absolute atomic E-state index is 0.0871. The van der Waals surface area contributed by atoms with Crippen LogP contribution in [0.2, 0.25) is 0 Å². The molecule has 1 amide bonds. The van der Waals surface area contributed by atoms with Gasteiger partial charge in [0.1, 0.15) is 5.54 Å². The summed E-state index contributed by atoms with van der Waals surface area (Å²) < 4.78 is 5.26. The summed E-state index contributed by atoms with van der Waals surface area (Å²) >= 11 is 0. The van der Waals surface area contributed by atoms with Gasteiger partial charge >= 0.3 is 0 Å². The fourth-order valence-corrected chi connectivity index (χ4v) is 2.66. The first-order valence-corrected chi connectivity index (χ1v) is 6.22. The van der Waals surface area contributed by atoms with E-state index in [9.17, 15) is 4.79 Å². The van der Waals surface area contributed by atoms with Crippen molar-refractivity contribution in [1.29, 1.82) is 0 Å². The summed E-state index contributed by atoms with van der Waals surface area (Å²) in [4.78, 5) is 14.4. The van der Waals surface area contributed by atoms with Crippen LogP contribution in [0.3, 0.4) is 0 Å². The molecule has 0 spiro atoms. The lowest BCUT2D eigenvalue weighted by Gasteiger charge is -2.41. The molecule has 0 bridgehead atoms. The van der Waals surface area contributed by atoms with Gasteiger partial charge in [-0.3, -0.25) is 4.79 Å². The number of ether oxygens (including phenoxy) is 1. The Kier molecular flexibility index (Phi) is 3.22. The third-order valence-corrected chi connectivity index (χ3v) is 4.11. The minimum Gasteiger partial charge on any atom is -0.379 e. The first kappa shape index (κ1) is 11.9. The highest BCUT2D eigenvalue weighted by atomic mass is 16.5. The standard InChI is InChI=1S/C12H22N2O2/c1-9-4-3-6-14(10(9)2)11(15)12(13)5-7-16-8-12/h9-10H,3-8,13H2,1-2H3. The summed E-state index contributed by atoms with van der Waals surface area (Å²) in [6, 6.07) is 0.308. The largest absolute Gasteiger partial charge is 0.379 e. The maximum atomic E-state index is 12.4. The van der Waals surface area contributed by atoms with Crippen LogP contribution in [0.25, 0.3) is 0 Å². The van der Waals surface area contributed by atoms with Gasteiger partial charge in [-0.2, -0.15) is 0 Å². The fraction of sp³-hybridized carbons (Fsp3) is 0.917. The monoisotopic (exact) mass is 226 g/mol. The Balaban J connectivity index is 2.08. The van der Waals surface area contributed by atoms with E-state index in [1.165, 1.54) is 6.42 Å². The highest BCUT2D eigenvalue weighted by molar-refractivity contribution is 5.87. The van der Waals surface area contributed by atoms with Gasteiger partial charge in [-0.25, -0.2) is 0 Å². The van der Waals surface area contributed by atoms with Crippen LogP contribution in [0.5, 0.6) is 0 Å². The Hall–Kier alpha value is -0.610. The number of piperidine rings is 1. The summed E-state index contributed by atoms with van der Waals surface area (Å²) in [6.07, 6.45) is 2.95. The number of nitrogens with zero attached hydrogens (tertiary/aromatic N) is 1. The fourth-order valence-electron chi connectivity index (χ4n) is 2.66. The highest BCUT2D eigenvalue weighted by Gasteiger charge is 2.43. The van der Waals surface area contributed by atoms with Crippen LogP contribution in [-0.2, 0) is 9.53 Å². The molecule has 0 aliphatic carbocycles. The van der Waals surface area contributed by atoms with Crippen LogP contribution >= 0.6 is 0 Å². The number of hydrogen-bond acceptors (Lipinski definition) is 3. The Morgan fingerprint density at radius 2 is 2.25 bits per heavy atom. The van der Waals surface area contributed by atoms with Crippen LogP contribution in [0, 0.1) is 5.92 Å². The zero-order chi connectivity index (χ0) is 11.8. The van der Waals surface area contributed by atoms with Gasteiger partial charge in [0, 0.05) is 19.2 Å². The molecule has 2 aliphatic heterocycles. The lowest BCUT2D eigenvalue weighted by molar-refractivity contribution is -0.141. The molecule has 2 N–H and O–H groups in total. The van der Waals surface area contributed by atoms with Crippen LogP contribution < -0.4 is 5.73 Å². The average Bonchev–Trinajstić information content (AvgIpc) is 2.70. The van der Waals surface area contributed by atoms with Gasteiger partial charge < -0.3 is 15.4 Å². The molecule has 3 atom stereocenters. The lowest BCUT2D eigenvalue weighted by Crippen LogP contribution is -2.60. The lowest BCUT2D eigenvalue weighted by atomic mass is 9.89. The first-order chi connectivity index (χ1) is 7.54. The molecule has 2 saturated heterocycles. The van der Waals surface area contributed by atoms with E-state index in [2.05, 4.69) is 13.8 Å². The van der Waals surface area contributed by atoms with Crippen molar-refractivity contribution in [2.24, 2.45) is 11.7 Å². The van der Waals surface area contributed by atoms with Crippen molar-refractivity contribution in [3.05, 3.63) is 0 Å². The summed E-state index contributed by atoms with van der Waals surface area (Å²) in [5.74, 6) is 0.660. The SMILES string of the molecule is CC1CCCN(C(=O)C2(N)CCOC2)C1C. The number of likely N-dealkylation sites (tertiary alicyclic amines) is 1. The molecule has 0 aromatic rings. The summed E-state index contributed by atoms with van der Waals surface area (Å²) in [6.45, 7) is 6.17. The molecule has 4 nitrogen and oxygen atoms in total. The number of rotatable bonds is 1. The Morgan fingerprint density at radius 1 is 1.50 bits per heavy atom. The number of carbonyl (C=O) groups excluding carboxylic acids is 1. The van der Waals surface area contributed by atoms with Crippen molar-refractivity contribution in [1.82, 2.24) is 4.90 Å². The minimum atomic E-state index is -0.759. The third-order valence-electron chi connectivity index (χ3n) is 4.11. The molecular weight excluding hydrogens is 204 g/mol. The smallest absolute Gasteiger partial charge is 0.245 e. The Labute approximate surface area is 97.1 Å². The van der Waals surface area contributed by atoms with Gasteiger partial charge in [0.05, 0.1) is 6.61 Å². The quantitative estimate of drug-likeness (QED) is 0.718. The van der Waals surface area contributed by atoms with Gasteiger partial charge in [-0.15, -0.1) is 0 Å². The van der Waals surface area contributed by atoms with Gasteiger partial charge in [0.25, 0.3) is 0 Å². The predicted octanol–water partition coefficient (Wildman–Crippen LogP) is 0.751. The van der Waals surface area contributed by atoms with Crippen LogP contribution in [-0.4, -0.2) is 42.1 Å². The number of amides is 1. The van der Waals surface area contributed by atoms with E-state index >= 15 is 0 Å². The van der Waals surface area contributed by atoms with Gasteiger partial charge in [-0.1, -0.05) is 6.92 Å². The van der Waals surface area contributed by atoms with E-state index < -0.39 is 5.54 Å². The predicted molar refractivity (Wildman–Crippen MR) is 61.9 cm³/mol. The molecule has 2 rings (SSSR count). The summed E-state index contributed by atoms with van der Waals surface area (Å²) in [7, 11) is 0. The van der Waals surface area contributed by atoms with Crippen molar-refractivity contribution in [2.45, 2.75) is 44.7 Å². The third kappa shape index (κ3) is 1.96. The average molecular weight is 226 g/mol. The van der Waals surface area contributed by atoms with Crippen LogP contribution in [0.15, 0.2) is 0 Å². The van der Waals surface area contributed by atoms with Gasteiger partial charge in [-0.05, 0) is 32.1 Å². The molecule has 2 aliphatic rings. The Bertz CT molecular complexity index is 274. The van der Waals surface area contributed by atoms with E-state index in [0.29, 0.717) is 31.6 Å². The maximum Gasteiger partial charge on any atom is 0.245 e. The number of carbonyl (C=O) groups is 1. The zero-order valence-corrected chi connectivity index (χ0v) is 10.2. The van der Waals surface area contributed by atoms with Gasteiger partial charge in [0.15, 0.2) is 0 Å². The molecule has 2 heterocycles. The molecule has 4 heteroatoms. The topological polar surface area (TPSA) is 55.6 Å². The van der Waals surface area contributed by atoms with E-state index in [0.717, 1.165) is 13.0 Å². The van der Waals surface area contributed by atoms with E-state index in [1.807, 2.05) is 4.90 Å². The van der Waals surface area contributed by atoms with Crippen LogP contribution in [0.1, 0.15) is 33.1 Å². The second-order valence-electron chi connectivity index (χ2n) is 5.32. The highest BCUT2D eigenvalue weighted by Crippen LogP contribution is 2.27. The van der Waals surface area contributed by atoms with Crippen molar-refractivity contribution < 1.29 is 9.53 Å². The van der Waals surface area contributed by atoms with Gasteiger partial charge in [0.2, 0.25) is 5.91 Å². The second kappa shape index (κ2) is 4.34. The summed E-state index contributed by atoms with van der Waals surface area (Å²) in [5.41, 5.74) is 5.37. The molecule has 0 saturated carbocycles. The molecule has 3 unspecified atom stereocenters. The molecule has 92 valence electrons. The van der Waals surface area contributed by atoms with Crippen LogP contribution in [0.4, 0.5) is 0 Å². The molecular formula is C12H22N2O2. The van der Waals surface area contributed by atoms with E-state index in [4.69, 9.17) is 10.5 Å². The van der Waals surface area contributed by atoms with E-state index in [1.54, 1.807) is 0 Å². The zero-order valence-electron chi connectivity index (χ0n) is 10.2. The Morgan fingerprint density at radius 3 is 2.88 bits per heavy atom. The normalized spacial score (nSPS) is 40.1. The maximum absolute atomic E-state index is 12.4. The summed E-state index contributed by atoms with van der Waals surface area (Å²) in [5, 5.41) is 0. The molecule has 2 fully saturated rings. The van der Waals surface area contributed by atoms with Crippen molar-refractivity contribution in [2.75, 3.05) is 19.8 Å². The van der Waals surface area contributed by atoms with Crippen molar-refractivity contribution in [3.63, 3.8) is 0 Å². The molecule has 0 radical (unpaired) electrons. The number of nitrogens with two attached hydrogens (primary N) is 1. The molecule has 16 heavy (non-hydrogen) atoms.